The lowest BCUT2D eigenvalue weighted by Gasteiger charge is -2.29. The number of rotatable bonds is 3. The summed E-state index contributed by atoms with van der Waals surface area (Å²) in [5.74, 6) is -0.0892. The zero-order valence-corrected chi connectivity index (χ0v) is 10.8. The van der Waals surface area contributed by atoms with Crippen LogP contribution in [0.3, 0.4) is 0 Å². The molecule has 2 heteroatoms. The molecule has 1 nitrogen and oxygen atoms in total. The predicted octanol–water partition coefficient (Wildman–Crippen LogP) is 3.59. The van der Waals surface area contributed by atoms with Crippen molar-refractivity contribution in [1.82, 2.24) is 0 Å². The lowest BCUT2D eigenvalue weighted by Crippen LogP contribution is -2.26. The van der Waals surface area contributed by atoms with Crippen molar-refractivity contribution in [2.24, 2.45) is 0 Å². The molecule has 0 fully saturated rings. The van der Waals surface area contributed by atoms with E-state index < -0.39 is 0 Å². The van der Waals surface area contributed by atoms with Crippen LogP contribution >= 0.6 is 0 Å². The van der Waals surface area contributed by atoms with Gasteiger partial charge in [-0.3, -0.25) is 4.79 Å². The molecule has 1 unspecified atom stereocenters. The molecule has 0 bridgehead atoms. The summed E-state index contributed by atoms with van der Waals surface area (Å²) in [7, 11) is 0. The molecule has 0 spiro atoms. The lowest BCUT2D eigenvalue weighted by molar-refractivity contribution is -0.120. The van der Waals surface area contributed by atoms with Crippen LogP contribution in [0, 0.1) is 12.7 Å². The minimum absolute atomic E-state index is 0.00105. The van der Waals surface area contributed by atoms with Gasteiger partial charge in [-0.15, -0.1) is 0 Å². The van der Waals surface area contributed by atoms with E-state index in [1.165, 1.54) is 17.7 Å². The van der Waals surface area contributed by atoms with Crippen LogP contribution in [0.2, 0.25) is 0 Å². The Balaban J connectivity index is 1.79. The third kappa shape index (κ3) is 2.19. The van der Waals surface area contributed by atoms with E-state index in [2.05, 4.69) is 6.07 Å². The number of aryl methyl sites for hydroxylation is 1. The van der Waals surface area contributed by atoms with E-state index in [9.17, 15) is 9.18 Å². The van der Waals surface area contributed by atoms with Crippen LogP contribution in [0.1, 0.15) is 28.2 Å². The molecule has 3 rings (SSSR count). The first-order valence-corrected chi connectivity index (χ1v) is 6.50. The smallest absolute Gasteiger partial charge is 0.145 e. The maximum absolute atomic E-state index is 13.2. The first-order valence-electron chi connectivity index (χ1n) is 6.50. The molecule has 2 aromatic carbocycles. The molecule has 2 aromatic rings. The maximum Gasteiger partial charge on any atom is 0.145 e. The van der Waals surface area contributed by atoms with Crippen molar-refractivity contribution in [3.8, 4) is 0 Å². The Morgan fingerprint density at radius 3 is 2.84 bits per heavy atom. The molecule has 0 aromatic heterocycles. The highest BCUT2D eigenvalue weighted by Gasteiger charge is 2.31. The largest absolute Gasteiger partial charge is 0.299 e. The summed E-state index contributed by atoms with van der Waals surface area (Å²) < 4.78 is 13.2. The standard InChI is InChI=1S/C17H15FO/c1-11-6-7-14(18)8-13(11)10-17(19)16-9-12-4-2-3-5-15(12)16/h2-8,16H,9-10H2,1H3. The number of benzene rings is 2. The van der Waals surface area contributed by atoms with Crippen molar-refractivity contribution in [2.75, 3.05) is 0 Å². The number of hydrogen-bond acceptors (Lipinski definition) is 1. The number of carbonyl (C=O) groups excluding carboxylic acids is 1. The number of halogens is 1. The van der Waals surface area contributed by atoms with Gasteiger partial charge in [-0.2, -0.15) is 0 Å². The fraction of sp³-hybridized carbons (Fsp3) is 0.235. The van der Waals surface area contributed by atoms with Gasteiger partial charge in [0.1, 0.15) is 11.6 Å². The van der Waals surface area contributed by atoms with E-state index in [4.69, 9.17) is 0 Å². The third-order valence-electron chi connectivity index (χ3n) is 3.92. The molecule has 0 saturated heterocycles. The average Bonchev–Trinajstić information content (AvgIpc) is 2.35. The van der Waals surface area contributed by atoms with E-state index in [1.54, 1.807) is 6.07 Å². The molecule has 96 valence electrons. The number of fused-ring (bicyclic) bond motifs is 1. The molecule has 1 aliphatic carbocycles. The van der Waals surface area contributed by atoms with Crippen LogP contribution in [-0.2, 0) is 17.6 Å². The fourth-order valence-corrected chi connectivity index (χ4v) is 2.69. The van der Waals surface area contributed by atoms with Crippen LogP contribution in [0.4, 0.5) is 4.39 Å². The molecule has 1 atom stereocenters. The zero-order chi connectivity index (χ0) is 13.4. The van der Waals surface area contributed by atoms with Crippen LogP contribution in [0.5, 0.6) is 0 Å². The van der Waals surface area contributed by atoms with Crippen molar-refractivity contribution in [2.45, 2.75) is 25.7 Å². The first-order chi connectivity index (χ1) is 9.15. The Hall–Kier alpha value is -1.96. The van der Waals surface area contributed by atoms with E-state index in [-0.39, 0.29) is 17.5 Å². The predicted molar refractivity (Wildman–Crippen MR) is 72.7 cm³/mol. The van der Waals surface area contributed by atoms with Crippen LogP contribution in [-0.4, -0.2) is 5.78 Å². The van der Waals surface area contributed by atoms with Gasteiger partial charge >= 0.3 is 0 Å². The molecule has 0 heterocycles. The Kier molecular flexibility index (Phi) is 2.94. The zero-order valence-electron chi connectivity index (χ0n) is 10.8. The molecule has 0 saturated carbocycles. The molecule has 1 aliphatic rings. The van der Waals surface area contributed by atoms with Crippen LogP contribution < -0.4 is 0 Å². The minimum Gasteiger partial charge on any atom is -0.299 e. The second-order valence-corrected chi connectivity index (χ2v) is 5.17. The summed E-state index contributed by atoms with van der Waals surface area (Å²) in [6.45, 7) is 1.91. The van der Waals surface area contributed by atoms with Crippen molar-refractivity contribution < 1.29 is 9.18 Å². The van der Waals surface area contributed by atoms with Gasteiger partial charge in [0.15, 0.2) is 0 Å². The normalized spacial score (nSPS) is 16.6. The Morgan fingerprint density at radius 2 is 2.05 bits per heavy atom. The van der Waals surface area contributed by atoms with Gasteiger partial charge in [-0.1, -0.05) is 30.3 Å². The molecule has 0 radical (unpaired) electrons. The van der Waals surface area contributed by atoms with Crippen LogP contribution in [0.15, 0.2) is 42.5 Å². The van der Waals surface area contributed by atoms with Crippen molar-refractivity contribution in [3.63, 3.8) is 0 Å². The first kappa shape index (κ1) is 12.1. The summed E-state index contributed by atoms with van der Waals surface area (Å²) in [5, 5.41) is 0. The Morgan fingerprint density at radius 1 is 1.26 bits per heavy atom. The highest BCUT2D eigenvalue weighted by atomic mass is 19.1. The summed E-state index contributed by atoms with van der Waals surface area (Å²) >= 11 is 0. The second-order valence-electron chi connectivity index (χ2n) is 5.17. The van der Waals surface area contributed by atoms with Crippen LogP contribution in [0.25, 0.3) is 0 Å². The number of ketones is 1. The van der Waals surface area contributed by atoms with Gasteiger partial charge in [-0.05, 0) is 47.7 Å². The topological polar surface area (TPSA) is 17.1 Å². The van der Waals surface area contributed by atoms with Crippen molar-refractivity contribution in [3.05, 3.63) is 70.5 Å². The Labute approximate surface area is 112 Å². The molecule has 0 amide bonds. The molecular formula is C17H15FO. The van der Waals surface area contributed by atoms with Gasteiger partial charge in [0.05, 0.1) is 0 Å². The number of hydrogen-bond donors (Lipinski definition) is 0. The van der Waals surface area contributed by atoms with Crippen molar-refractivity contribution >= 4 is 5.78 Å². The second kappa shape index (κ2) is 4.61. The highest BCUT2D eigenvalue weighted by Crippen LogP contribution is 2.36. The summed E-state index contributed by atoms with van der Waals surface area (Å²) in [4.78, 5) is 12.3. The summed E-state index contributed by atoms with van der Waals surface area (Å²) in [6, 6.07) is 12.7. The summed E-state index contributed by atoms with van der Waals surface area (Å²) in [5.41, 5.74) is 4.18. The van der Waals surface area contributed by atoms with E-state index in [1.807, 2.05) is 25.1 Å². The molecular weight excluding hydrogens is 239 g/mol. The van der Waals surface area contributed by atoms with E-state index >= 15 is 0 Å². The third-order valence-corrected chi connectivity index (χ3v) is 3.92. The fourth-order valence-electron chi connectivity index (χ4n) is 2.69. The van der Waals surface area contributed by atoms with Gasteiger partial charge in [0, 0.05) is 12.3 Å². The highest BCUT2D eigenvalue weighted by molar-refractivity contribution is 5.90. The summed E-state index contributed by atoms with van der Waals surface area (Å²) in [6.07, 6.45) is 1.14. The van der Waals surface area contributed by atoms with Gasteiger partial charge in [0.2, 0.25) is 0 Å². The van der Waals surface area contributed by atoms with Crippen molar-refractivity contribution in [1.29, 1.82) is 0 Å². The SMILES string of the molecule is Cc1ccc(F)cc1CC(=O)C1Cc2ccccc21. The monoisotopic (exact) mass is 254 g/mol. The molecule has 19 heavy (non-hydrogen) atoms. The molecule has 0 aliphatic heterocycles. The van der Waals surface area contributed by atoms with Gasteiger partial charge in [0.25, 0.3) is 0 Å². The minimum atomic E-state index is -0.276. The number of carbonyl (C=O) groups is 1. The molecule has 0 N–H and O–H groups in total. The Bertz CT molecular complexity index is 645. The van der Waals surface area contributed by atoms with E-state index in [0.29, 0.717) is 6.42 Å². The average molecular weight is 254 g/mol. The maximum atomic E-state index is 13.2. The van der Waals surface area contributed by atoms with Gasteiger partial charge in [-0.25, -0.2) is 4.39 Å². The number of Topliss-reactive ketones (excluding diaryl/α,β-unsaturated/α-hetero) is 1. The van der Waals surface area contributed by atoms with Gasteiger partial charge < -0.3 is 0 Å². The lowest BCUT2D eigenvalue weighted by atomic mass is 9.74. The quantitative estimate of drug-likeness (QED) is 0.818. The van der Waals surface area contributed by atoms with E-state index in [0.717, 1.165) is 23.1 Å².